The quantitative estimate of drug-likeness (QED) is 0.284. The molecule has 1 aliphatic carbocycles. The first-order valence-electron chi connectivity index (χ1n) is 8.14. The van der Waals surface area contributed by atoms with Crippen LogP contribution in [0.3, 0.4) is 0 Å². The van der Waals surface area contributed by atoms with Crippen LogP contribution in [-0.2, 0) is 27.5 Å². The highest BCUT2D eigenvalue weighted by atomic mass is 32.9. The van der Waals surface area contributed by atoms with Crippen molar-refractivity contribution in [2.24, 2.45) is 0 Å². The van der Waals surface area contributed by atoms with Gasteiger partial charge in [0, 0.05) is 11.7 Å². The molecule has 1 aromatic rings. The zero-order valence-electron chi connectivity index (χ0n) is 14.0. The van der Waals surface area contributed by atoms with Gasteiger partial charge in [0.05, 0.1) is 18.9 Å². The van der Waals surface area contributed by atoms with Crippen molar-refractivity contribution in [1.82, 2.24) is 9.97 Å². The summed E-state index contributed by atoms with van der Waals surface area (Å²) >= 11 is 9.01. The van der Waals surface area contributed by atoms with E-state index >= 15 is 0 Å². The normalized spacial score (nSPS) is 17.2. The molecule has 1 aromatic heterocycles. The summed E-state index contributed by atoms with van der Waals surface area (Å²) in [4.78, 5) is 9.34. The van der Waals surface area contributed by atoms with Crippen molar-refractivity contribution in [3.63, 3.8) is 0 Å². The summed E-state index contributed by atoms with van der Waals surface area (Å²) in [5.74, 6) is 3.47. The topological polar surface area (TPSA) is 44.2 Å². The minimum absolute atomic E-state index is 0.410. The predicted octanol–water partition coefficient (Wildman–Crippen LogP) is 5.39. The standard InChI is InChI=1S/C15H25N2O2PS3/c1-4-9-23-20(21,18-5-2)19-11-13-10-14(22-6-3)17-15(16-13)12-7-8-12/h10,12H,4-9,11H2,1-3H3/t20-/m0/s1. The van der Waals surface area contributed by atoms with E-state index < -0.39 is 5.69 Å². The number of aromatic nitrogens is 2. The Bertz CT molecular complexity index is 556. The van der Waals surface area contributed by atoms with Crippen molar-refractivity contribution in [3.8, 4) is 0 Å². The van der Waals surface area contributed by atoms with Crippen molar-refractivity contribution in [3.05, 3.63) is 17.6 Å². The second-order valence-electron chi connectivity index (χ2n) is 5.23. The van der Waals surface area contributed by atoms with Gasteiger partial charge in [0.1, 0.15) is 10.9 Å². The van der Waals surface area contributed by atoms with Gasteiger partial charge < -0.3 is 9.05 Å². The zero-order valence-corrected chi connectivity index (χ0v) is 17.3. The molecule has 0 aromatic carbocycles. The molecule has 1 atom stereocenters. The Morgan fingerprint density at radius 3 is 2.65 bits per heavy atom. The molecule has 1 saturated carbocycles. The van der Waals surface area contributed by atoms with Crippen molar-refractivity contribution in [2.45, 2.75) is 57.6 Å². The van der Waals surface area contributed by atoms with Crippen molar-refractivity contribution in [2.75, 3.05) is 18.1 Å². The maximum atomic E-state index is 6.01. The van der Waals surface area contributed by atoms with Gasteiger partial charge in [0.15, 0.2) is 0 Å². The minimum Gasteiger partial charge on any atom is -0.322 e. The van der Waals surface area contributed by atoms with E-state index in [4.69, 9.17) is 20.9 Å². The van der Waals surface area contributed by atoms with Gasteiger partial charge in [0.25, 0.3) is 0 Å². The second kappa shape index (κ2) is 9.73. The maximum Gasteiger partial charge on any atom is 0.247 e. The van der Waals surface area contributed by atoms with Gasteiger partial charge in [-0.25, -0.2) is 9.97 Å². The van der Waals surface area contributed by atoms with E-state index in [1.54, 1.807) is 23.1 Å². The highest BCUT2D eigenvalue weighted by Crippen LogP contribution is 2.61. The highest BCUT2D eigenvalue weighted by Gasteiger charge is 2.28. The Morgan fingerprint density at radius 1 is 1.26 bits per heavy atom. The van der Waals surface area contributed by atoms with Crippen LogP contribution in [0.4, 0.5) is 0 Å². The van der Waals surface area contributed by atoms with Gasteiger partial charge in [-0.2, -0.15) is 0 Å². The Kier molecular flexibility index (Phi) is 8.33. The zero-order chi connectivity index (χ0) is 16.7. The molecule has 1 fully saturated rings. The van der Waals surface area contributed by atoms with Crippen LogP contribution in [0.5, 0.6) is 0 Å². The lowest BCUT2D eigenvalue weighted by Gasteiger charge is -2.20. The lowest BCUT2D eigenvalue weighted by molar-refractivity contribution is 0.258. The first-order valence-corrected chi connectivity index (χ1v) is 13.4. The van der Waals surface area contributed by atoms with Crippen molar-refractivity contribution >= 4 is 40.6 Å². The fourth-order valence-electron chi connectivity index (χ4n) is 1.93. The Morgan fingerprint density at radius 2 is 2.04 bits per heavy atom. The number of rotatable bonds is 11. The van der Waals surface area contributed by atoms with E-state index in [0.717, 1.165) is 34.5 Å². The smallest absolute Gasteiger partial charge is 0.247 e. The lowest BCUT2D eigenvalue weighted by Crippen LogP contribution is -2.02. The van der Waals surface area contributed by atoms with Crippen LogP contribution in [0.2, 0.25) is 0 Å². The molecule has 8 heteroatoms. The van der Waals surface area contributed by atoms with Gasteiger partial charge in [-0.15, -0.1) is 11.8 Å². The van der Waals surface area contributed by atoms with Crippen LogP contribution < -0.4 is 0 Å². The molecule has 1 aliphatic rings. The van der Waals surface area contributed by atoms with E-state index in [0.29, 0.717) is 19.1 Å². The highest BCUT2D eigenvalue weighted by molar-refractivity contribution is 8.67. The molecule has 1 heterocycles. The van der Waals surface area contributed by atoms with Crippen molar-refractivity contribution in [1.29, 1.82) is 0 Å². The number of hydrogen-bond donors (Lipinski definition) is 0. The summed E-state index contributed by atoms with van der Waals surface area (Å²) < 4.78 is 11.8. The monoisotopic (exact) mass is 392 g/mol. The molecule has 0 amide bonds. The van der Waals surface area contributed by atoms with Gasteiger partial charge in [0.2, 0.25) is 5.69 Å². The van der Waals surface area contributed by atoms with E-state index in [9.17, 15) is 0 Å². The molecule has 0 bridgehead atoms. The summed E-state index contributed by atoms with van der Waals surface area (Å²) in [6.45, 7) is 7.23. The van der Waals surface area contributed by atoms with Crippen LogP contribution in [0.25, 0.3) is 0 Å². The van der Waals surface area contributed by atoms with Gasteiger partial charge in [-0.05, 0) is 49.8 Å². The van der Waals surface area contributed by atoms with Crippen LogP contribution in [0, 0.1) is 0 Å². The van der Waals surface area contributed by atoms with Crippen LogP contribution in [0.15, 0.2) is 11.1 Å². The van der Waals surface area contributed by atoms with E-state index in [2.05, 4.69) is 23.8 Å². The maximum absolute atomic E-state index is 6.01. The Hall–Kier alpha value is 0.350. The summed E-state index contributed by atoms with van der Waals surface area (Å²) in [6.07, 6.45) is 3.46. The predicted molar refractivity (Wildman–Crippen MR) is 104 cm³/mol. The average molecular weight is 393 g/mol. The van der Waals surface area contributed by atoms with Crippen LogP contribution >= 0.6 is 28.8 Å². The Labute approximate surface area is 152 Å². The molecule has 130 valence electrons. The summed E-state index contributed by atoms with van der Waals surface area (Å²) in [5, 5.41) is 1.04. The molecular formula is C15H25N2O2PS3. The fraction of sp³-hybridized carbons (Fsp3) is 0.733. The molecule has 0 spiro atoms. The third-order valence-electron chi connectivity index (χ3n) is 3.12. The number of thioether (sulfide) groups is 1. The summed E-state index contributed by atoms with van der Waals surface area (Å²) in [6, 6.07) is 2.02. The van der Waals surface area contributed by atoms with Gasteiger partial charge >= 0.3 is 0 Å². The summed E-state index contributed by atoms with van der Waals surface area (Å²) in [5.41, 5.74) is -1.35. The molecule has 0 unspecified atom stereocenters. The molecular weight excluding hydrogens is 367 g/mol. The van der Waals surface area contributed by atoms with E-state index in [1.807, 2.05) is 13.0 Å². The van der Waals surface area contributed by atoms with Gasteiger partial charge in [-0.3, -0.25) is 0 Å². The first kappa shape index (κ1) is 19.7. The molecule has 23 heavy (non-hydrogen) atoms. The first-order chi connectivity index (χ1) is 11.1. The molecule has 2 rings (SSSR count). The average Bonchev–Trinajstić information content (AvgIpc) is 3.37. The van der Waals surface area contributed by atoms with Gasteiger partial charge in [-0.1, -0.05) is 25.2 Å². The second-order valence-corrected chi connectivity index (χ2v) is 12.9. The number of hydrogen-bond acceptors (Lipinski definition) is 7. The van der Waals surface area contributed by atoms with Crippen LogP contribution in [0.1, 0.15) is 57.5 Å². The summed E-state index contributed by atoms with van der Waals surface area (Å²) in [7, 11) is 0. The Balaban J connectivity index is 2.06. The SMILES string of the molecule is CCCS[P@@](=S)(OCC)OCc1cc(SCC)nc(C2CC2)n1. The van der Waals surface area contributed by atoms with E-state index in [-0.39, 0.29) is 0 Å². The molecule has 0 radical (unpaired) electrons. The van der Waals surface area contributed by atoms with Crippen LogP contribution in [-0.4, -0.2) is 28.1 Å². The fourth-order valence-corrected chi connectivity index (χ4v) is 7.13. The number of nitrogens with zero attached hydrogens (tertiary/aromatic N) is 2. The molecule has 4 nitrogen and oxygen atoms in total. The third kappa shape index (κ3) is 6.63. The third-order valence-corrected chi connectivity index (χ3v) is 9.55. The largest absolute Gasteiger partial charge is 0.322 e. The molecule has 0 aliphatic heterocycles. The van der Waals surface area contributed by atoms with E-state index in [1.165, 1.54) is 12.8 Å². The molecule has 0 saturated heterocycles. The molecule has 0 N–H and O–H groups in total. The lowest BCUT2D eigenvalue weighted by atomic mass is 10.3. The van der Waals surface area contributed by atoms with Crippen molar-refractivity contribution < 1.29 is 9.05 Å². The minimum atomic E-state index is -2.27.